The summed E-state index contributed by atoms with van der Waals surface area (Å²) in [5.41, 5.74) is 0.309. The van der Waals surface area contributed by atoms with Crippen LogP contribution in [0.2, 0.25) is 0 Å². The number of nitro groups is 1. The second-order valence-corrected chi connectivity index (χ2v) is 6.02. The molecule has 2 rings (SSSR count). The van der Waals surface area contributed by atoms with Crippen molar-refractivity contribution in [3.8, 4) is 5.75 Å². The smallest absolute Gasteiger partial charge is 0.355 e. The van der Waals surface area contributed by atoms with Crippen LogP contribution in [0.1, 0.15) is 29.8 Å². The lowest BCUT2D eigenvalue weighted by molar-refractivity contribution is -0.384. The van der Waals surface area contributed by atoms with Gasteiger partial charge in [-0.2, -0.15) is 0 Å². The fourth-order valence-corrected chi connectivity index (χ4v) is 2.34. The normalized spacial score (nSPS) is 11.1. The molecule has 8 nitrogen and oxygen atoms in total. The third-order valence-corrected chi connectivity index (χ3v) is 3.55. The van der Waals surface area contributed by atoms with Crippen molar-refractivity contribution in [2.24, 2.45) is 0 Å². The SMILES string of the molecule is COc1ccccc1C(=O)NC(=Cc1cccc([N+](=O)[O-])c1)C(=O)OC(C)C. The summed E-state index contributed by atoms with van der Waals surface area (Å²) in [4.78, 5) is 35.5. The average Bonchev–Trinajstić information content (AvgIpc) is 2.67. The first kappa shape index (κ1) is 20.6. The van der Waals surface area contributed by atoms with Gasteiger partial charge in [0.2, 0.25) is 0 Å². The van der Waals surface area contributed by atoms with Gasteiger partial charge in [0.1, 0.15) is 11.4 Å². The van der Waals surface area contributed by atoms with Gasteiger partial charge in [0, 0.05) is 12.1 Å². The molecule has 28 heavy (non-hydrogen) atoms. The number of carbonyl (C=O) groups excluding carboxylic acids is 2. The second-order valence-electron chi connectivity index (χ2n) is 6.02. The molecule has 0 spiro atoms. The summed E-state index contributed by atoms with van der Waals surface area (Å²) < 4.78 is 10.3. The predicted octanol–water partition coefficient (Wildman–Crippen LogP) is 3.33. The number of rotatable bonds is 7. The maximum absolute atomic E-state index is 12.6. The number of nitrogens with zero attached hydrogens (tertiary/aromatic N) is 1. The molecule has 1 amide bonds. The van der Waals surface area contributed by atoms with Gasteiger partial charge in [-0.05, 0) is 37.6 Å². The number of methoxy groups -OCH3 is 1. The maximum Gasteiger partial charge on any atom is 0.355 e. The van der Waals surface area contributed by atoms with Crippen molar-refractivity contribution < 1.29 is 24.0 Å². The van der Waals surface area contributed by atoms with Crippen LogP contribution in [0.25, 0.3) is 6.08 Å². The van der Waals surface area contributed by atoms with E-state index in [2.05, 4.69) is 5.32 Å². The Bertz CT molecular complexity index is 920. The number of non-ortho nitro benzene ring substituents is 1. The van der Waals surface area contributed by atoms with Crippen molar-refractivity contribution in [1.82, 2.24) is 5.32 Å². The minimum absolute atomic E-state index is 0.138. The van der Waals surface area contributed by atoms with Gasteiger partial charge in [-0.3, -0.25) is 14.9 Å². The van der Waals surface area contributed by atoms with E-state index in [1.807, 2.05) is 0 Å². The van der Waals surface area contributed by atoms with E-state index in [1.54, 1.807) is 44.2 Å². The molecule has 0 fully saturated rings. The Hall–Kier alpha value is -3.68. The van der Waals surface area contributed by atoms with E-state index in [0.717, 1.165) is 0 Å². The highest BCUT2D eigenvalue weighted by Crippen LogP contribution is 2.19. The van der Waals surface area contributed by atoms with Crippen molar-refractivity contribution in [2.45, 2.75) is 20.0 Å². The second kappa shape index (κ2) is 9.31. The highest BCUT2D eigenvalue weighted by molar-refractivity contribution is 6.04. The topological polar surface area (TPSA) is 108 Å². The molecule has 146 valence electrons. The van der Waals surface area contributed by atoms with Gasteiger partial charge in [-0.1, -0.05) is 24.3 Å². The lowest BCUT2D eigenvalue weighted by atomic mass is 10.1. The van der Waals surface area contributed by atoms with Crippen molar-refractivity contribution in [3.63, 3.8) is 0 Å². The van der Waals surface area contributed by atoms with Crippen LogP contribution in [0.15, 0.2) is 54.2 Å². The van der Waals surface area contributed by atoms with Crippen LogP contribution in [-0.4, -0.2) is 30.0 Å². The van der Waals surface area contributed by atoms with Crippen LogP contribution in [0.3, 0.4) is 0 Å². The van der Waals surface area contributed by atoms with E-state index >= 15 is 0 Å². The highest BCUT2D eigenvalue weighted by atomic mass is 16.6. The number of benzene rings is 2. The number of hydrogen-bond acceptors (Lipinski definition) is 6. The molecule has 0 aliphatic carbocycles. The number of amides is 1. The first-order valence-corrected chi connectivity index (χ1v) is 8.43. The third-order valence-electron chi connectivity index (χ3n) is 3.55. The zero-order valence-corrected chi connectivity index (χ0v) is 15.7. The van der Waals surface area contributed by atoms with E-state index in [4.69, 9.17) is 9.47 Å². The minimum Gasteiger partial charge on any atom is -0.496 e. The molecular weight excluding hydrogens is 364 g/mol. The fraction of sp³-hybridized carbons (Fsp3) is 0.200. The molecule has 0 aromatic heterocycles. The first-order valence-electron chi connectivity index (χ1n) is 8.43. The molecule has 0 heterocycles. The Morgan fingerprint density at radius 1 is 1.14 bits per heavy atom. The van der Waals surface area contributed by atoms with Gasteiger partial charge in [-0.25, -0.2) is 4.79 Å². The number of para-hydroxylation sites is 1. The van der Waals surface area contributed by atoms with Gasteiger partial charge >= 0.3 is 5.97 Å². The van der Waals surface area contributed by atoms with Crippen LogP contribution >= 0.6 is 0 Å². The number of nitro benzene ring substituents is 1. The molecule has 0 saturated heterocycles. The summed E-state index contributed by atoms with van der Waals surface area (Å²) in [6.07, 6.45) is 0.912. The van der Waals surface area contributed by atoms with Gasteiger partial charge in [-0.15, -0.1) is 0 Å². The number of ether oxygens (including phenoxy) is 2. The van der Waals surface area contributed by atoms with Crippen molar-refractivity contribution in [1.29, 1.82) is 0 Å². The Kier molecular flexibility index (Phi) is 6.86. The summed E-state index contributed by atoms with van der Waals surface area (Å²) >= 11 is 0. The highest BCUT2D eigenvalue weighted by Gasteiger charge is 2.19. The summed E-state index contributed by atoms with van der Waals surface area (Å²) in [7, 11) is 1.43. The Morgan fingerprint density at radius 3 is 2.50 bits per heavy atom. The molecule has 0 bridgehead atoms. The molecule has 0 saturated carbocycles. The van der Waals surface area contributed by atoms with Crippen molar-refractivity contribution >= 4 is 23.6 Å². The van der Waals surface area contributed by atoms with Gasteiger partial charge < -0.3 is 14.8 Å². The van der Waals surface area contributed by atoms with Crippen LogP contribution in [0.5, 0.6) is 5.75 Å². The lowest BCUT2D eigenvalue weighted by Crippen LogP contribution is -2.30. The summed E-state index contributed by atoms with van der Waals surface area (Å²) in [5, 5.41) is 13.5. The molecule has 1 N–H and O–H groups in total. The lowest BCUT2D eigenvalue weighted by Gasteiger charge is -2.13. The van der Waals surface area contributed by atoms with Crippen molar-refractivity contribution in [2.75, 3.05) is 7.11 Å². The largest absolute Gasteiger partial charge is 0.496 e. The Balaban J connectivity index is 2.39. The number of esters is 1. The predicted molar refractivity (Wildman–Crippen MR) is 103 cm³/mol. The quantitative estimate of drug-likeness (QED) is 0.340. The van der Waals surface area contributed by atoms with Gasteiger partial charge in [0.05, 0.1) is 23.7 Å². The third kappa shape index (κ3) is 5.41. The molecule has 0 aliphatic rings. The molecule has 0 atom stereocenters. The number of nitrogens with one attached hydrogen (secondary N) is 1. The summed E-state index contributed by atoms with van der Waals surface area (Å²) in [6, 6.07) is 12.2. The zero-order valence-electron chi connectivity index (χ0n) is 15.7. The van der Waals surface area contributed by atoms with E-state index < -0.39 is 22.9 Å². The molecule has 0 unspecified atom stereocenters. The van der Waals surface area contributed by atoms with Crippen molar-refractivity contribution in [3.05, 3.63) is 75.5 Å². The van der Waals surface area contributed by atoms with Gasteiger partial charge in [0.15, 0.2) is 0 Å². The molecule has 2 aromatic rings. The minimum atomic E-state index is -0.759. The molecular formula is C20H20N2O6. The van der Waals surface area contributed by atoms with Crippen LogP contribution in [0.4, 0.5) is 5.69 Å². The van der Waals surface area contributed by atoms with Crippen LogP contribution in [0, 0.1) is 10.1 Å². The van der Waals surface area contributed by atoms with Gasteiger partial charge in [0.25, 0.3) is 11.6 Å². The molecule has 2 aromatic carbocycles. The summed E-state index contributed by atoms with van der Waals surface area (Å²) in [6.45, 7) is 3.34. The molecule has 0 radical (unpaired) electrons. The zero-order chi connectivity index (χ0) is 20.7. The number of carbonyl (C=O) groups is 2. The van der Waals surface area contributed by atoms with Crippen LogP contribution < -0.4 is 10.1 Å². The molecule has 8 heteroatoms. The monoisotopic (exact) mass is 384 g/mol. The average molecular weight is 384 g/mol. The first-order chi connectivity index (χ1) is 13.3. The summed E-state index contributed by atoms with van der Waals surface area (Å²) in [5.74, 6) is -0.994. The maximum atomic E-state index is 12.6. The fourth-order valence-electron chi connectivity index (χ4n) is 2.34. The number of hydrogen-bond donors (Lipinski definition) is 1. The van der Waals surface area contributed by atoms with E-state index in [1.165, 1.54) is 31.4 Å². The van der Waals surface area contributed by atoms with Crippen LogP contribution in [-0.2, 0) is 9.53 Å². The Labute approximate surface area is 161 Å². The van der Waals surface area contributed by atoms with E-state index in [-0.39, 0.29) is 16.9 Å². The van der Waals surface area contributed by atoms with E-state index in [9.17, 15) is 19.7 Å². The molecule has 0 aliphatic heterocycles. The van der Waals surface area contributed by atoms with E-state index in [0.29, 0.717) is 11.3 Å². The standard InChI is InChI=1S/C20H20N2O6/c1-13(2)28-20(24)17(12-14-7-6-8-15(11-14)22(25)26)21-19(23)16-9-4-5-10-18(16)27-3/h4-13H,1-3H3,(H,21,23). The Morgan fingerprint density at radius 2 is 1.86 bits per heavy atom.